The molecule has 0 radical (unpaired) electrons. The maximum absolute atomic E-state index is 13.1. The summed E-state index contributed by atoms with van der Waals surface area (Å²) < 4.78 is 42.1. The van der Waals surface area contributed by atoms with Crippen molar-refractivity contribution in [1.82, 2.24) is 8.87 Å². The lowest BCUT2D eigenvalue weighted by Gasteiger charge is -2.27. The van der Waals surface area contributed by atoms with Gasteiger partial charge in [-0.25, -0.2) is 12.8 Å². The highest BCUT2D eigenvalue weighted by atomic mass is 32.2. The van der Waals surface area contributed by atoms with Gasteiger partial charge in [0.25, 0.3) is 0 Å². The van der Waals surface area contributed by atoms with Gasteiger partial charge in [-0.3, -0.25) is 4.79 Å². The molecule has 1 aromatic heterocycles. The smallest absolute Gasteiger partial charge is 0.323 e. The molecule has 1 aliphatic rings. The van der Waals surface area contributed by atoms with E-state index in [1.54, 1.807) is 4.57 Å². The van der Waals surface area contributed by atoms with Crippen LogP contribution >= 0.6 is 0 Å². The molecule has 0 aliphatic carbocycles. The molecule has 0 fully saturated rings. The first-order valence-electron chi connectivity index (χ1n) is 8.44. The van der Waals surface area contributed by atoms with Gasteiger partial charge in [0, 0.05) is 36.1 Å². The summed E-state index contributed by atoms with van der Waals surface area (Å²) in [5, 5.41) is 10.1. The number of hydrogen-bond acceptors (Lipinski definition) is 3. The highest BCUT2D eigenvalue weighted by molar-refractivity contribution is 7.89. The Kier molecular flexibility index (Phi) is 4.24. The normalized spacial score (nSPS) is 15.0. The average Bonchev–Trinajstić information content (AvgIpc) is 2.95. The van der Waals surface area contributed by atoms with E-state index in [9.17, 15) is 22.7 Å². The second-order valence-electron chi connectivity index (χ2n) is 6.46. The average molecular weight is 388 g/mol. The van der Waals surface area contributed by atoms with Crippen molar-refractivity contribution in [3.63, 3.8) is 0 Å². The van der Waals surface area contributed by atoms with Crippen molar-refractivity contribution in [1.29, 1.82) is 0 Å². The Hall–Kier alpha value is -2.71. The van der Waals surface area contributed by atoms with Crippen LogP contribution in [0.2, 0.25) is 0 Å². The lowest BCUT2D eigenvalue weighted by atomic mass is 10.1. The first kappa shape index (κ1) is 17.7. The topological polar surface area (TPSA) is 79.6 Å². The van der Waals surface area contributed by atoms with E-state index in [2.05, 4.69) is 0 Å². The Labute approximate surface area is 155 Å². The number of aromatic nitrogens is 1. The molecule has 0 atom stereocenters. The molecule has 6 nitrogen and oxygen atoms in total. The number of aliphatic carboxylic acids is 1. The largest absolute Gasteiger partial charge is 0.480 e. The molecule has 0 saturated heterocycles. The second kappa shape index (κ2) is 6.47. The number of halogens is 1. The predicted octanol–water partition coefficient (Wildman–Crippen LogP) is 2.61. The van der Waals surface area contributed by atoms with Crippen molar-refractivity contribution in [2.24, 2.45) is 0 Å². The van der Waals surface area contributed by atoms with Gasteiger partial charge in [0.15, 0.2) is 0 Å². The fourth-order valence-electron chi connectivity index (χ4n) is 3.65. The number of benzene rings is 2. The Bertz CT molecular complexity index is 1140. The van der Waals surface area contributed by atoms with Crippen LogP contribution in [0.25, 0.3) is 10.9 Å². The van der Waals surface area contributed by atoms with Crippen LogP contribution in [-0.2, 0) is 34.3 Å². The van der Waals surface area contributed by atoms with Crippen LogP contribution in [-0.4, -0.2) is 34.9 Å². The first-order chi connectivity index (χ1) is 12.9. The molecule has 8 heteroatoms. The fourth-order valence-corrected chi connectivity index (χ4v) is 5.06. The summed E-state index contributed by atoms with van der Waals surface area (Å²) in [5.41, 5.74) is 2.46. The van der Waals surface area contributed by atoms with Gasteiger partial charge in [0.2, 0.25) is 10.0 Å². The molecule has 3 aromatic rings. The second-order valence-corrected chi connectivity index (χ2v) is 8.40. The van der Waals surface area contributed by atoms with E-state index in [1.807, 2.05) is 24.3 Å². The Balaban J connectivity index is 1.77. The van der Waals surface area contributed by atoms with Gasteiger partial charge >= 0.3 is 5.97 Å². The molecule has 0 bridgehead atoms. The van der Waals surface area contributed by atoms with E-state index in [0.29, 0.717) is 6.42 Å². The van der Waals surface area contributed by atoms with E-state index in [1.165, 1.54) is 16.4 Å². The first-order valence-corrected chi connectivity index (χ1v) is 9.88. The molecule has 1 aliphatic heterocycles. The molecule has 0 spiro atoms. The van der Waals surface area contributed by atoms with E-state index in [4.69, 9.17) is 0 Å². The van der Waals surface area contributed by atoms with Gasteiger partial charge in [-0.05, 0) is 35.9 Å². The molecule has 0 amide bonds. The molecule has 2 aromatic carbocycles. The summed E-state index contributed by atoms with van der Waals surface area (Å²) in [7, 11) is -3.76. The number of rotatable bonds is 4. The summed E-state index contributed by atoms with van der Waals surface area (Å²) in [6, 6.07) is 12.2. The molecule has 0 saturated carbocycles. The quantitative estimate of drug-likeness (QED) is 0.745. The van der Waals surface area contributed by atoms with Gasteiger partial charge in [0.05, 0.1) is 4.90 Å². The zero-order chi connectivity index (χ0) is 19.2. The van der Waals surface area contributed by atoms with Gasteiger partial charge < -0.3 is 9.67 Å². The van der Waals surface area contributed by atoms with Crippen molar-refractivity contribution < 1.29 is 22.7 Å². The maximum Gasteiger partial charge on any atom is 0.323 e. The number of carboxylic acids is 1. The van der Waals surface area contributed by atoms with Gasteiger partial charge in [-0.2, -0.15) is 4.31 Å². The highest BCUT2D eigenvalue weighted by Gasteiger charge is 2.32. The van der Waals surface area contributed by atoms with Crippen molar-refractivity contribution in [3.8, 4) is 0 Å². The Morgan fingerprint density at radius 1 is 1.11 bits per heavy atom. The van der Waals surface area contributed by atoms with Gasteiger partial charge in [-0.15, -0.1) is 0 Å². The third-order valence-electron chi connectivity index (χ3n) is 4.87. The molecule has 27 heavy (non-hydrogen) atoms. The number of sulfonamides is 1. The van der Waals surface area contributed by atoms with E-state index in [0.717, 1.165) is 34.3 Å². The molecule has 4 rings (SSSR count). The van der Waals surface area contributed by atoms with Crippen LogP contribution in [0.1, 0.15) is 11.3 Å². The monoisotopic (exact) mass is 388 g/mol. The van der Waals surface area contributed by atoms with Crippen LogP contribution in [0.5, 0.6) is 0 Å². The zero-order valence-corrected chi connectivity index (χ0v) is 15.1. The van der Waals surface area contributed by atoms with E-state index >= 15 is 0 Å². The number of nitrogens with zero attached hydrogens (tertiary/aromatic N) is 2. The minimum atomic E-state index is -3.76. The standard InChI is InChI=1S/C19H17FN2O4S/c20-13-5-7-14(8-6-13)27(25,26)21-10-9-18-16(11-21)15-3-1-2-4-17(15)22(18)12-19(23)24/h1-8H,9-12H2,(H,23,24). The molecule has 1 N–H and O–H groups in total. The number of carboxylic acid groups (broad SMARTS) is 1. The molecular weight excluding hydrogens is 371 g/mol. The third kappa shape index (κ3) is 3.00. The predicted molar refractivity (Wildman–Crippen MR) is 97.3 cm³/mol. The number of hydrogen-bond donors (Lipinski definition) is 1. The fraction of sp³-hybridized carbons (Fsp3) is 0.211. The maximum atomic E-state index is 13.1. The molecule has 2 heterocycles. The Morgan fingerprint density at radius 3 is 2.52 bits per heavy atom. The van der Waals surface area contributed by atoms with E-state index in [-0.39, 0.29) is 24.5 Å². The minimum absolute atomic E-state index is 0.0432. The summed E-state index contributed by atoms with van der Waals surface area (Å²) in [6.45, 7) is 0.228. The van der Waals surface area contributed by atoms with E-state index < -0.39 is 21.8 Å². The van der Waals surface area contributed by atoms with Crippen LogP contribution in [0.15, 0.2) is 53.4 Å². The van der Waals surface area contributed by atoms with Crippen LogP contribution in [0.3, 0.4) is 0 Å². The summed E-state index contributed by atoms with van der Waals surface area (Å²) in [4.78, 5) is 11.3. The van der Waals surface area contributed by atoms with Crippen LogP contribution in [0, 0.1) is 5.82 Å². The highest BCUT2D eigenvalue weighted by Crippen LogP contribution is 2.33. The molecule has 0 unspecified atom stereocenters. The number of para-hydroxylation sites is 1. The summed E-state index contributed by atoms with van der Waals surface area (Å²) >= 11 is 0. The number of carbonyl (C=O) groups is 1. The van der Waals surface area contributed by atoms with Gasteiger partial charge in [0.1, 0.15) is 12.4 Å². The SMILES string of the molecule is O=C(O)Cn1c2c(c3ccccc31)CN(S(=O)(=O)c1ccc(F)cc1)CC2. The minimum Gasteiger partial charge on any atom is -0.480 e. The van der Waals surface area contributed by atoms with Crippen molar-refractivity contribution >= 4 is 26.9 Å². The lowest BCUT2D eigenvalue weighted by molar-refractivity contribution is -0.137. The van der Waals surface area contributed by atoms with Crippen molar-refractivity contribution in [2.75, 3.05) is 6.54 Å². The van der Waals surface area contributed by atoms with Crippen molar-refractivity contribution in [3.05, 3.63) is 65.6 Å². The molecular formula is C19H17FN2O4S. The van der Waals surface area contributed by atoms with Crippen molar-refractivity contribution in [2.45, 2.75) is 24.4 Å². The van der Waals surface area contributed by atoms with Crippen LogP contribution in [0.4, 0.5) is 4.39 Å². The third-order valence-corrected chi connectivity index (χ3v) is 6.73. The lowest BCUT2D eigenvalue weighted by Crippen LogP contribution is -2.36. The van der Waals surface area contributed by atoms with Gasteiger partial charge in [-0.1, -0.05) is 18.2 Å². The summed E-state index contributed by atoms with van der Waals surface area (Å²) in [6.07, 6.45) is 0.414. The molecule has 140 valence electrons. The number of fused-ring (bicyclic) bond motifs is 3. The summed E-state index contributed by atoms with van der Waals surface area (Å²) in [5.74, 6) is -1.44. The Morgan fingerprint density at radius 2 is 1.81 bits per heavy atom. The zero-order valence-electron chi connectivity index (χ0n) is 14.3. The van der Waals surface area contributed by atoms with Crippen LogP contribution < -0.4 is 0 Å².